The fraction of sp³-hybridized carbons (Fsp3) is 0.300. The molecule has 0 saturated carbocycles. The molecule has 3 amide bonds. The van der Waals surface area contributed by atoms with E-state index in [2.05, 4.69) is 5.32 Å². The highest BCUT2D eigenvalue weighted by atomic mass is 16.5. The van der Waals surface area contributed by atoms with Crippen LogP contribution >= 0.6 is 0 Å². The summed E-state index contributed by atoms with van der Waals surface area (Å²) < 4.78 is 10.5. The van der Waals surface area contributed by atoms with Gasteiger partial charge in [-0.25, -0.2) is 4.79 Å². The average Bonchev–Trinajstić information content (AvgIpc) is 2.66. The average molecular weight is 371 g/mol. The number of aryl methyl sites for hydroxylation is 1. The van der Waals surface area contributed by atoms with E-state index in [1.165, 1.54) is 0 Å². The second-order valence-corrected chi connectivity index (χ2v) is 6.09. The van der Waals surface area contributed by atoms with E-state index in [9.17, 15) is 9.59 Å². The molecular formula is C20H25N3O4. The van der Waals surface area contributed by atoms with Gasteiger partial charge in [-0.3, -0.25) is 4.79 Å². The molecule has 0 saturated heterocycles. The Hall–Kier alpha value is -3.22. The molecule has 7 nitrogen and oxygen atoms in total. The predicted molar refractivity (Wildman–Crippen MR) is 104 cm³/mol. The SMILES string of the molecule is COc1ccc(CCCN(C)C(=O)c2cccc(NC(N)=O)c2)cc1OC. The Labute approximate surface area is 159 Å². The molecule has 0 aliphatic rings. The maximum Gasteiger partial charge on any atom is 0.316 e. The summed E-state index contributed by atoms with van der Waals surface area (Å²) in [7, 11) is 4.96. The molecule has 0 radical (unpaired) electrons. The highest BCUT2D eigenvalue weighted by Crippen LogP contribution is 2.28. The molecule has 27 heavy (non-hydrogen) atoms. The van der Waals surface area contributed by atoms with E-state index in [4.69, 9.17) is 15.2 Å². The standard InChI is InChI=1S/C20H25N3O4/c1-23(19(24)15-7-4-8-16(13-15)22-20(21)25)11-5-6-14-9-10-17(26-2)18(12-14)27-3/h4,7-10,12-13H,5-6,11H2,1-3H3,(H3,21,22,25). The number of rotatable bonds is 8. The number of carbonyl (C=O) groups is 2. The van der Waals surface area contributed by atoms with Crippen molar-refractivity contribution >= 4 is 17.6 Å². The first-order chi connectivity index (χ1) is 12.9. The van der Waals surface area contributed by atoms with Crippen molar-refractivity contribution in [1.82, 2.24) is 4.90 Å². The van der Waals surface area contributed by atoms with Crippen LogP contribution in [0.15, 0.2) is 42.5 Å². The third-order valence-electron chi connectivity index (χ3n) is 4.13. The number of methoxy groups -OCH3 is 2. The van der Waals surface area contributed by atoms with Gasteiger partial charge in [-0.1, -0.05) is 12.1 Å². The molecule has 2 aromatic carbocycles. The van der Waals surface area contributed by atoms with E-state index >= 15 is 0 Å². The maximum absolute atomic E-state index is 12.6. The first-order valence-corrected chi connectivity index (χ1v) is 8.57. The van der Waals surface area contributed by atoms with Crippen LogP contribution in [0, 0.1) is 0 Å². The Morgan fingerprint density at radius 2 is 1.81 bits per heavy atom. The number of nitrogens with two attached hydrogens (primary N) is 1. The monoisotopic (exact) mass is 371 g/mol. The third kappa shape index (κ3) is 5.64. The van der Waals surface area contributed by atoms with Gasteiger partial charge >= 0.3 is 6.03 Å². The summed E-state index contributed by atoms with van der Waals surface area (Å²) >= 11 is 0. The third-order valence-corrected chi connectivity index (χ3v) is 4.13. The first kappa shape index (κ1) is 20.1. The summed E-state index contributed by atoms with van der Waals surface area (Å²) in [4.78, 5) is 25.2. The Kier molecular flexibility index (Phi) is 7.05. The fourth-order valence-corrected chi connectivity index (χ4v) is 2.75. The number of nitrogens with zero attached hydrogens (tertiary/aromatic N) is 1. The number of hydrogen-bond acceptors (Lipinski definition) is 4. The highest BCUT2D eigenvalue weighted by Gasteiger charge is 2.12. The molecule has 0 unspecified atom stereocenters. The first-order valence-electron chi connectivity index (χ1n) is 8.57. The lowest BCUT2D eigenvalue weighted by Crippen LogP contribution is -2.28. The summed E-state index contributed by atoms with van der Waals surface area (Å²) in [5.41, 5.74) is 7.21. The number of primary amides is 1. The van der Waals surface area contributed by atoms with Crippen LogP contribution in [0.3, 0.4) is 0 Å². The van der Waals surface area contributed by atoms with Gasteiger partial charge in [0.2, 0.25) is 0 Å². The van der Waals surface area contributed by atoms with Crippen molar-refractivity contribution in [2.24, 2.45) is 5.73 Å². The molecule has 0 aromatic heterocycles. The van der Waals surface area contributed by atoms with Crippen molar-refractivity contribution in [2.75, 3.05) is 33.1 Å². The molecular weight excluding hydrogens is 346 g/mol. The topological polar surface area (TPSA) is 93.9 Å². The number of anilines is 1. The van der Waals surface area contributed by atoms with Crippen LogP contribution in [-0.4, -0.2) is 44.7 Å². The van der Waals surface area contributed by atoms with Gasteiger partial charge in [0, 0.05) is 24.8 Å². The number of amides is 3. The van der Waals surface area contributed by atoms with Gasteiger partial charge in [0.1, 0.15) is 0 Å². The molecule has 7 heteroatoms. The van der Waals surface area contributed by atoms with Crippen molar-refractivity contribution in [3.05, 3.63) is 53.6 Å². The number of benzene rings is 2. The Morgan fingerprint density at radius 3 is 2.48 bits per heavy atom. The van der Waals surface area contributed by atoms with Gasteiger partial charge in [-0.2, -0.15) is 0 Å². The zero-order chi connectivity index (χ0) is 19.8. The Balaban J connectivity index is 1.92. The minimum atomic E-state index is -0.664. The minimum Gasteiger partial charge on any atom is -0.493 e. The predicted octanol–water partition coefficient (Wildman–Crippen LogP) is 2.90. The van der Waals surface area contributed by atoms with Crippen LogP contribution in [0.2, 0.25) is 0 Å². The summed E-state index contributed by atoms with van der Waals surface area (Å²) in [5.74, 6) is 1.27. The van der Waals surface area contributed by atoms with Crippen LogP contribution in [-0.2, 0) is 6.42 Å². The Morgan fingerprint density at radius 1 is 1.07 bits per heavy atom. The van der Waals surface area contributed by atoms with Crippen LogP contribution in [0.4, 0.5) is 10.5 Å². The summed E-state index contributed by atoms with van der Waals surface area (Å²) in [6.07, 6.45) is 1.61. The molecule has 2 aromatic rings. The zero-order valence-corrected chi connectivity index (χ0v) is 15.8. The van der Waals surface area contributed by atoms with Gasteiger partial charge < -0.3 is 25.4 Å². The molecule has 0 heterocycles. The van der Waals surface area contributed by atoms with Crippen molar-refractivity contribution in [3.63, 3.8) is 0 Å². The second kappa shape index (κ2) is 9.47. The van der Waals surface area contributed by atoms with E-state index in [1.54, 1.807) is 50.4 Å². The molecule has 0 spiro atoms. The van der Waals surface area contributed by atoms with Crippen molar-refractivity contribution in [2.45, 2.75) is 12.8 Å². The van der Waals surface area contributed by atoms with E-state index in [-0.39, 0.29) is 5.91 Å². The normalized spacial score (nSPS) is 10.2. The van der Waals surface area contributed by atoms with Gasteiger partial charge in [-0.05, 0) is 48.7 Å². The van der Waals surface area contributed by atoms with E-state index in [1.807, 2.05) is 18.2 Å². The van der Waals surface area contributed by atoms with E-state index in [0.29, 0.717) is 29.3 Å². The molecule has 144 valence electrons. The zero-order valence-electron chi connectivity index (χ0n) is 15.8. The highest BCUT2D eigenvalue weighted by molar-refractivity contribution is 5.96. The molecule has 0 fully saturated rings. The van der Waals surface area contributed by atoms with Gasteiger partial charge in [0.25, 0.3) is 5.91 Å². The molecule has 0 aliphatic heterocycles. The smallest absolute Gasteiger partial charge is 0.316 e. The number of carbonyl (C=O) groups excluding carboxylic acids is 2. The number of ether oxygens (including phenoxy) is 2. The molecule has 0 bridgehead atoms. The van der Waals surface area contributed by atoms with Gasteiger partial charge in [-0.15, -0.1) is 0 Å². The van der Waals surface area contributed by atoms with Crippen molar-refractivity contribution < 1.29 is 19.1 Å². The molecule has 0 atom stereocenters. The van der Waals surface area contributed by atoms with Crippen molar-refractivity contribution in [3.8, 4) is 11.5 Å². The Bertz CT molecular complexity index is 808. The number of hydrogen-bond donors (Lipinski definition) is 2. The van der Waals surface area contributed by atoms with Crippen molar-refractivity contribution in [1.29, 1.82) is 0 Å². The van der Waals surface area contributed by atoms with Gasteiger partial charge in [0.15, 0.2) is 11.5 Å². The number of nitrogens with one attached hydrogen (secondary N) is 1. The fourth-order valence-electron chi connectivity index (χ4n) is 2.75. The molecule has 2 rings (SSSR count). The lowest BCUT2D eigenvalue weighted by atomic mass is 10.1. The largest absolute Gasteiger partial charge is 0.493 e. The number of urea groups is 1. The summed E-state index contributed by atoms with van der Waals surface area (Å²) in [5, 5.41) is 2.47. The van der Waals surface area contributed by atoms with Crippen LogP contribution < -0.4 is 20.5 Å². The van der Waals surface area contributed by atoms with E-state index in [0.717, 1.165) is 18.4 Å². The molecule has 0 aliphatic carbocycles. The van der Waals surface area contributed by atoms with E-state index < -0.39 is 6.03 Å². The van der Waals surface area contributed by atoms with Gasteiger partial charge in [0.05, 0.1) is 14.2 Å². The lowest BCUT2D eigenvalue weighted by molar-refractivity contribution is 0.0793. The minimum absolute atomic E-state index is 0.115. The summed E-state index contributed by atoms with van der Waals surface area (Å²) in [6.45, 7) is 0.598. The van der Waals surface area contributed by atoms with Crippen LogP contribution in [0.1, 0.15) is 22.3 Å². The lowest BCUT2D eigenvalue weighted by Gasteiger charge is -2.18. The second-order valence-electron chi connectivity index (χ2n) is 6.09. The quantitative estimate of drug-likeness (QED) is 0.746. The maximum atomic E-state index is 12.6. The summed E-state index contributed by atoms with van der Waals surface area (Å²) in [6, 6.07) is 11.8. The molecule has 3 N–H and O–H groups in total. The van der Waals surface area contributed by atoms with Crippen LogP contribution in [0.25, 0.3) is 0 Å². The van der Waals surface area contributed by atoms with Crippen LogP contribution in [0.5, 0.6) is 11.5 Å².